The van der Waals surface area contributed by atoms with Crippen LogP contribution in [-0.4, -0.2) is 43.6 Å². The highest BCUT2D eigenvalue weighted by atomic mass is 32.2. The van der Waals surface area contributed by atoms with Crippen molar-refractivity contribution >= 4 is 27.6 Å². The molecule has 0 atom stereocenters. The highest BCUT2D eigenvalue weighted by molar-refractivity contribution is 7.88. The van der Waals surface area contributed by atoms with Gasteiger partial charge in [-0.2, -0.15) is 0 Å². The van der Waals surface area contributed by atoms with Gasteiger partial charge in [0.1, 0.15) is 0 Å². The number of nitrogens with one attached hydrogen (secondary N) is 3. The van der Waals surface area contributed by atoms with Gasteiger partial charge >= 0.3 is 0 Å². The lowest BCUT2D eigenvalue weighted by Crippen LogP contribution is -2.34. The van der Waals surface area contributed by atoms with Crippen LogP contribution in [-0.2, 0) is 10.0 Å². The first-order valence-corrected chi connectivity index (χ1v) is 8.70. The second-order valence-corrected chi connectivity index (χ2v) is 6.54. The summed E-state index contributed by atoms with van der Waals surface area (Å²) in [5, 5.41) is 5.58. The molecule has 0 saturated carbocycles. The van der Waals surface area contributed by atoms with Gasteiger partial charge in [0.15, 0.2) is 0 Å². The number of aromatic nitrogens is 2. The lowest BCUT2D eigenvalue weighted by atomic mass is 10.3. The molecule has 23 heavy (non-hydrogen) atoms. The Morgan fingerprint density at radius 1 is 1.09 bits per heavy atom. The molecule has 0 fully saturated rings. The highest BCUT2D eigenvalue weighted by Gasteiger charge is 2.07. The number of rotatable bonds is 7. The number of nitrogens with zero attached hydrogens (tertiary/aromatic N) is 2. The fraction of sp³-hybridized carbons (Fsp3) is 0.214. The Morgan fingerprint density at radius 3 is 2.35 bits per heavy atom. The molecule has 1 aromatic carbocycles. The molecule has 1 heterocycles. The van der Waals surface area contributed by atoms with Crippen molar-refractivity contribution < 1.29 is 13.2 Å². The molecule has 0 unspecified atom stereocenters. The van der Waals surface area contributed by atoms with Crippen LogP contribution < -0.4 is 15.4 Å². The van der Waals surface area contributed by atoms with Gasteiger partial charge in [0.05, 0.1) is 11.8 Å². The van der Waals surface area contributed by atoms with Gasteiger partial charge in [-0.1, -0.05) is 18.2 Å². The molecular weight excluding hydrogens is 318 g/mol. The minimum atomic E-state index is -3.26. The van der Waals surface area contributed by atoms with E-state index in [1.807, 2.05) is 30.3 Å². The quantitative estimate of drug-likeness (QED) is 0.635. The number of para-hydroxylation sites is 1. The minimum absolute atomic E-state index is 0.124. The Hall–Kier alpha value is -2.52. The van der Waals surface area contributed by atoms with Crippen LogP contribution in [0.3, 0.4) is 0 Å². The average Bonchev–Trinajstić information content (AvgIpc) is 2.52. The Morgan fingerprint density at radius 2 is 1.74 bits per heavy atom. The molecule has 3 N–H and O–H groups in total. The van der Waals surface area contributed by atoms with Gasteiger partial charge in [-0.15, -0.1) is 0 Å². The molecule has 0 aliphatic rings. The summed E-state index contributed by atoms with van der Waals surface area (Å²) in [6.07, 6.45) is 3.86. The van der Waals surface area contributed by atoms with Gasteiger partial charge in [0.2, 0.25) is 16.0 Å². The monoisotopic (exact) mass is 335 g/mol. The van der Waals surface area contributed by atoms with Gasteiger partial charge in [-0.3, -0.25) is 4.79 Å². The number of carbonyl (C=O) groups is 1. The molecule has 2 rings (SSSR count). The number of hydrogen-bond donors (Lipinski definition) is 3. The molecule has 1 aromatic heterocycles. The summed E-state index contributed by atoms with van der Waals surface area (Å²) >= 11 is 0. The Kier molecular flexibility index (Phi) is 5.61. The number of benzene rings is 1. The van der Waals surface area contributed by atoms with Crippen molar-refractivity contribution in [2.75, 3.05) is 24.7 Å². The van der Waals surface area contributed by atoms with Crippen molar-refractivity contribution in [1.82, 2.24) is 20.0 Å². The van der Waals surface area contributed by atoms with E-state index < -0.39 is 10.0 Å². The molecular formula is C14H17N5O3S. The van der Waals surface area contributed by atoms with Crippen LogP contribution in [0.5, 0.6) is 0 Å². The first-order valence-electron chi connectivity index (χ1n) is 6.81. The van der Waals surface area contributed by atoms with Gasteiger partial charge in [-0.25, -0.2) is 23.1 Å². The fourth-order valence-corrected chi connectivity index (χ4v) is 2.15. The number of anilines is 2. The molecule has 0 radical (unpaired) electrons. The molecule has 0 bridgehead atoms. The van der Waals surface area contributed by atoms with Gasteiger partial charge in [0, 0.05) is 31.2 Å². The normalized spacial score (nSPS) is 11.0. The number of hydrogen-bond acceptors (Lipinski definition) is 6. The summed E-state index contributed by atoms with van der Waals surface area (Å²) in [6.45, 7) is 0.301. The predicted octanol–water partition coefficient (Wildman–Crippen LogP) is 0.499. The zero-order valence-electron chi connectivity index (χ0n) is 12.5. The summed E-state index contributed by atoms with van der Waals surface area (Å²) < 4.78 is 24.0. The summed E-state index contributed by atoms with van der Waals surface area (Å²) in [6, 6.07) is 9.42. The molecule has 0 aliphatic carbocycles. The molecule has 1 amide bonds. The first-order chi connectivity index (χ1) is 10.9. The van der Waals surface area contributed by atoms with Crippen LogP contribution in [0.4, 0.5) is 11.6 Å². The summed E-state index contributed by atoms with van der Waals surface area (Å²) in [5.41, 5.74) is 1.14. The molecule has 2 aromatic rings. The predicted molar refractivity (Wildman–Crippen MR) is 86.9 cm³/mol. The molecule has 0 saturated heterocycles. The van der Waals surface area contributed by atoms with Crippen molar-refractivity contribution in [2.45, 2.75) is 0 Å². The molecule has 9 heteroatoms. The Labute approximate surface area is 134 Å². The van der Waals surface area contributed by atoms with E-state index in [1.54, 1.807) is 0 Å². The number of carbonyl (C=O) groups excluding carboxylic acids is 1. The van der Waals surface area contributed by atoms with Crippen LogP contribution in [0.25, 0.3) is 0 Å². The van der Waals surface area contributed by atoms with Crippen LogP contribution in [0.2, 0.25) is 0 Å². The van der Waals surface area contributed by atoms with E-state index in [-0.39, 0.29) is 19.0 Å². The summed E-state index contributed by atoms with van der Waals surface area (Å²) in [4.78, 5) is 20.0. The van der Waals surface area contributed by atoms with Crippen molar-refractivity contribution in [3.8, 4) is 0 Å². The third kappa shape index (κ3) is 6.01. The smallest absolute Gasteiger partial charge is 0.254 e. The van der Waals surface area contributed by atoms with Gasteiger partial charge in [-0.05, 0) is 12.1 Å². The molecule has 0 aliphatic heterocycles. The average molecular weight is 335 g/mol. The van der Waals surface area contributed by atoms with Crippen LogP contribution in [0, 0.1) is 0 Å². The fourth-order valence-electron chi connectivity index (χ4n) is 1.67. The molecule has 8 nitrogen and oxygen atoms in total. The standard InChI is InChI=1S/C14H17N5O3S/c1-23(21,22)18-8-7-15-13(20)11-9-16-14(17-10-11)19-12-5-3-2-4-6-12/h2-6,9-10,18H,7-8H2,1H3,(H,15,20)(H,16,17,19). The van der Waals surface area contributed by atoms with E-state index in [4.69, 9.17) is 0 Å². The van der Waals surface area contributed by atoms with Crippen molar-refractivity contribution in [1.29, 1.82) is 0 Å². The van der Waals surface area contributed by atoms with Crippen LogP contribution >= 0.6 is 0 Å². The third-order valence-corrected chi connectivity index (χ3v) is 3.45. The van der Waals surface area contributed by atoms with Crippen molar-refractivity contribution in [3.05, 3.63) is 48.3 Å². The number of sulfonamides is 1. The maximum absolute atomic E-state index is 11.9. The van der Waals surface area contributed by atoms with E-state index in [2.05, 4.69) is 25.3 Å². The second kappa shape index (κ2) is 7.65. The van der Waals surface area contributed by atoms with E-state index in [9.17, 15) is 13.2 Å². The van der Waals surface area contributed by atoms with Crippen molar-refractivity contribution in [2.24, 2.45) is 0 Å². The topological polar surface area (TPSA) is 113 Å². The second-order valence-electron chi connectivity index (χ2n) is 4.71. The van der Waals surface area contributed by atoms with Gasteiger partial charge in [0.25, 0.3) is 5.91 Å². The molecule has 0 spiro atoms. The van der Waals surface area contributed by atoms with E-state index in [0.717, 1.165) is 11.9 Å². The van der Waals surface area contributed by atoms with E-state index >= 15 is 0 Å². The Balaban J connectivity index is 1.85. The lowest BCUT2D eigenvalue weighted by Gasteiger charge is -2.07. The summed E-state index contributed by atoms with van der Waals surface area (Å²) in [7, 11) is -3.26. The maximum Gasteiger partial charge on any atom is 0.254 e. The Bertz CT molecular complexity index is 748. The highest BCUT2D eigenvalue weighted by Crippen LogP contribution is 2.11. The minimum Gasteiger partial charge on any atom is -0.351 e. The first kappa shape index (κ1) is 16.8. The van der Waals surface area contributed by atoms with E-state index in [0.29, 0.717) is 11.5 Å². The summed E-state index contributed by atoms with van der Waals surface area (Å²) in [5.74, 6) is 0.0121. The lowest BCUT2D eigenvalue weighted by molar-refractivity contribution is 0.0953. The third-order valence-electron chi connectivity index (χ3n) is 2.72. The van der Waals surface area contributed by atoms with Crippen LogP contribution in [0.1, 0.15) is 10.4 Å². The van der Waals surface area contributed by atoms with E-state index in [1.165, 1.54) is 12.4 Å². The molecule has 122 valence electrons. The zero-order valence-corrected chi connectivity index (χ0v) is 13.3. The largest absolute Gasteiger partial charge is 0.351 e. The van der Waals surface area contributed by atoms with Crippen molar-refractivity contribution in [3.63, 3.8) is 0 Å². The van der Waals surface area contributed by atoms with Gasteiger partial charge < -0.3 is 10.6 Å². The maximum atomic E-state index is 11.9. The number of amides is 1. The SMILES string of the molecule is CS(=O)(=O)NCCNC(=O)c1cnc(Nc2ccccc2)nc1. The zero-order chi connectivity index (χ0) is 16.7. The van der Waals surface area contributed by atoms with Crippen LogP contribution in [0.15, 0.2) is 42.7 Å².